The fraction of sp³-hybridized carbons (Fsp3) is 0.273. The fourth-order valence-corrected chi connectivity index (χ4v) is 2.26. The number of aliphatic hydroxyl groups is 1. The van der Waals surface area contributed by atoms with Crippen LogP contribution >= 0.6 is 27.5 Å². The lowest BCUT2D eigenvalue weighted by Crippen LogP contribution is -2.09. The van der Waals surface area contributed by atoms with E-state index in [4.69, 9.17) is 11.6 Å². The van der Waals surface area contributed by atoms with E-state index in [0.29, 0.717) is 22.8 Å². The predicted octanol–water partition coefficient (Wildman–Crippen LogP) is 2.80. The summed E-state index contributed by atoms with van der Waals surface area (Å²) in [5.41, 5.74) is 1.27. The number of rotatable bonds is 3. The third kappa shape index (κ3) is 2.51. The van der Waals surface area contributed by atoms with Gasteiger partial charge in [0.25, 0.3) is 0 Å². The van der Waals surface area contributed by atoms with Gasteiger partial charge in [0.2, 0.25) is 0 Å². The van der Waals surface area contributed by atoms with E-state index in [0.717, 1.165) is 4.47 Å². The van der Waals surface area contributed by atoms with Gasteiger partial charge in [-0.3, -0.25) is 9.67 Å². The minimum Gasteiger partial charge on any atom is -0.382 e. The Morgan fingerprint density at radius 1 is 1.47 bits per heavy atom. The van der Waals surface area contributed by atoms with Crippen molar-refractivity contribution in [2.45, 2.75) is 19.6 Å². The Bertz CT molecular complexity index is 529. The number of hydrogen-bond donors (Lipinski definition) is 1. The largest absolute Gasteiger partial charge is 0.382 e. The minimum absolute atomic E-state index is 0.458. The summed E-state index contributed by atoms with van der Waals surface area (Å²) in [6.07, 6.45) is 3.98. The molecule has 6 heteroatoms. The summed E-state index contributed by atoms with van der Waals surface area (Å²) < 4.78 is 2.49. The Morgan fingerprint density at radius 3 is 2.88 bits per heavy atom. The van der Waals surface area contributed by atoms with Gasteiger partial charge >= 0.3 is 0 Å². The van der Waals surface area contributed by atoms with Crippen LogP contribution in [-0.4, -0.2) is 19.9 Å². The number of pyridine rings is 1. The molecular formula is C11H11BrClN3O. The van der Waals surface area contributed by atoms with Crippen molar-refractivity contribution in [3.63, 3.8) is 0 Å². The van der Waals surface area contributed by atoms with Crippen LogP contribution in [0.3, 0.4) is 0 Å². The van der Waals surface area contributed by atoms with Crippen molar-refractivity contribution in [3.05, 3.63) is 45.4 Å². The van der Waals surface area contributed by atoms with Crippen molar-refractivity contribution in [1.29, 1.82) is 0 Å². The highest BCUT2D eigenvalue weighted by Crippen LogP contribution is 2.28. The van der Waals surface area contributed by atoms with E-state index in [2.05, 4.69) is 26.0 Å². The molecule has 0 saturated carbocycles. The van der Waals surface area contributed by atoms with E-state index in [1.165, 1.54) is 6.20 Å². The normalized spacial score (nSPS) is 12.7. The number of hydrogen-bond acceptors (Lipinski definition) is 3. The van der Waals surface area contributed by atoms with Gasteiger partial charge < -0.3 is 5.11 Å². The molecule has 1 unspecified atom stereocenters. The summed E-state index contributed by atoms with van der Waals surface area (Å²) in [5, 5.41) is 14.8. The first-order chi connectivity index (χ1) is 8.13. The van der Waals surface area contributed by atoms with Crippen LogP contribution in [-0.2, 0) is 6.54 Å². The maximum Gasteiger partial charge on any atom is 0.124 e. The SMILES string of the molecule is CCn1ncc(Cl)c1C(O)c1cncc(Br)c1. The monoisotopic (exact) mass is 315 g/mol. The summed E-state index contributed by atoms with van der Waals surface area (Å²) in [7, 11) is 0. The average molecular weight is 317 g/mol. The number of nitrogens with zero attached hydrogens (tertiary/aromatic N) is 3. The first-order valence-corrected chi connectivity index (χ1v) is 6.30. The molecule has 0 spiro atoms. The third-order valence-corrected chi connectivity index (χ3v) is 3.16. The highest BCUT2D eigenvalue weighted by atomic mass is 79.9. The van der Waals surface area contributed by atoms with Crippen LogP contribution in [0, 0.1) is 0 Å². The molecule has 0 aliphatic rings. The summed E-state index contributed by atoms with van der Waals surface area (Å²) >= 11 is 9.35. The van der Waals surface area contributed by atoms with Gasteiger partial charge in [-0.15, -0.1) is 0 Å². The smallest absolute Gasteiger partial charge is 0.124 e. The van der Waals surface area contributed by atoms with Crippen molar-refractivity contribution in [1.82, 2.24) is 14.8 Å². The summed E-state index contributed by atoms with van der Waals surface area (Å²) in [6, 6.07) is 1.81. The lowest BCUT2D eigenvalue weighted by molar-refractivity contribution is 0.207. The van der Waals surface area contributed by atoms with Crippen LogP contribution in [0.5, 0.6) is 0 Å². The van der Waals surface area contributed by atoms with Crippen LogP contribution in [0.4, 0.5) is 0 Å². The van der Waals surface area contributed by atoms with E-state index in [-0.39, 0.29) is 0 Å². The molecule has 0 amide bonds. The quantitative estimate of drug-likeness (QED) is 0.947. The summed E-state index contributed by atoms with van der Waals surface area (Å²) in [6.45, 7) is 2.60. The predicted molar refractivity (Wildman–Crippen MR) is 68.9 cm³/mol. The maximum absolute atomic E-state index is 10.3. The van der Waals surface area contributed by atoms with Crippen LogP contribution < -0.4 is 0 Å². The van der Waals surface area contributed by atoms with E-state index in [9.17, 15) is 5.11 Å². The molecule has 0 aliphatic heterocycles. The number of aryl methyl sites for hydroxylation is 1. The van der Waals surface area contributed by atoms with Crippen LogP contribution in [0.25, 0.3) is 0 Å². The molecule has 0 aromatic carbocycles. The zero-order valence-corrected chi connectivity index (χ0v) is 11.5. The Balaban J connectivity index is 2.43. The van der Waals surface area contributed by atoms with E-state index in [1.54, 1.807) is 23.1 Å². The van der Waals surface area contributed by atoms with Gasteiger partial charge in [-0.25, -0.2) is 0 Å². The highest BCUT2D eigenvalue weighted by molar-refractivity contribution is 9.10. The molecule has 90 valence electrons. The molecule has 0 bridgehead atoms. The molecule has 2 rings (SSSR count). The Morgan fingerprint density at radius 2 is 2.24 bits per heavy atom. The topological polar surface area (TPSA) is 50.9 Å². The number of aromatic nitrogens is 3. The van der Waals surface area contributed by atoms with Gasteiger partial charge in [-0.05, 0) is 28.9 Å². The molecular weight excluding hydrogens is 305 g/mol. The van der Waals surface area contributed by atoms with Crippen molar-refractivity contribution in [2.75, 3.05) is 0 Å². The number of aliphatic hydroxyl groups excluding tert-OH is 1. The van der Waals surface area contributed by atoms with Crippen LogP contribution in [0.15, 0.2) is 29.1 Å². The molecule has 0 radical (unpaired) electrons. The van der Waals surface area contributed by atoms with Crippen molar-refractivity contribution in [2.24, 2.45) is 0 Å². The molecule has 0 saturated heterocycles. The second-order valence-corrected chi connectivity index (χ2v) is 4.86. The van der Waals surface area contributed by atoms with E-state index in [1.807, 2.05) is 6.92 Å². The minimum atomic E-state index is -0.824. The van der Waals surface area contributed by atoms with Crippen LogP contribution in [0.2, 0.25) is 5.02 Å². The van der Waals surface area contributed by atoms with Crippen molar-refractivity contribution < 1.29 is 5.11 Å². The zero-order chi connectivity index (χ0) is 12.4. The lowest BCUT2D eigenvalue weighted by atomic mass is 10.1. The van der Waals surface area contributed by atoms with Gasteiger partial charge in [-0.2, -0.15) is 5.10 Å². The second kappa shape index (κ2) is 5.16. The molecule has 1 N–H and O–H groups in total. The molecule has 2 aromatic rings. The lowest BCUT2D eigenvalue weighted by Gasteiger charge is -2.13. The zero-order valence-electron chi connectivity index (χ0n) is 9.14. The van der Waals surface area contributed by atoms with E-state index < -0.39 is 6.10 Å². The molecule has 1 atom stereocenters. The molecule has 2 heterocycles. The van der Waals surface area contributed by atoms with E-state index >= 15 is 0 Å². The highest BCUT2D eigenvalue weighted by Gasteiger charge is 2.19. The fourth-order valence-electron chi connectivity index (χ4n) is 1.63. The van der Waals surface area contributed by atoms with Crippen molar-refractivity contribution >= 4 is 27.5 Å². The van der Waals surface area contributed by atoms with Gasteiger partial charge in [0.05, 0.1) is 16.9 Å². The first-order valence-electron chi connectivity index (χ1n) is 5.13. The Kier molecular flexibility index (Phi) is 3.81. The molecule has 4 nitrogen and oxygen atoms in total. The van der Waals surface area contributed by atoms with Crippen molar-refractivity contribution in [3.8, 4) is 0 Å². The number of halogens is 2. The molecule has 0 fully saturated rings. The summed E-state index contributed by atoms with van der Waals surface area (Å²) in [5.74, 6) is 0. The molecule has 2 aromatic heterocycles. The standard InChI is InChI=1S/C11H11BrClN3O/c1-2-16-10(9(13)6-15-16)11(17)7-3-8(12)5-14-4-7/h3-6,11,17H,2H2,1H3. The maximum atomic E-state index is 10.3. The van der Waals surface area contributed by atoms with Crippen LogP contribution in [0.1, 0.15) is 24.3 Å². The van der Waals surface area contributed by atoms with Gasteiger partial charge in [0, 0.05) is 29.0 Å². The molecule has 0 aliphatic carbocycles. The Hall–Kier alpha value is -0.910. The molecule has 17 heavy (non-hydrogen) atoms. The Labute approximate surface area is 112 Å². The van der Waals surface area contributed by atoms with Gasteiger partial charge in [-0.1, -0.05) is 11.6 Å². The first kappa shape index (κ1) is 12.5. The average Bonchev–Trinajstić information content (AvgIpc) is 2.69. The van der Waals surface area contributed by atoms with Gasteiger partial charge in [0.1, 0.15) is 6.10 Å². The third-order valence-electron chi connectivity index (χ3n) is 2.43. The van der Waals surface area contributed by atoms with Gasteiger partial charge in [0.15, 0.2) is 0 Å². The summed E-state index contributed by atoms with van der Waals surface area (Å²) in [4.78, 5) is 4.02. The second-order valence-electron chi connectivity index (χ2n) is 3.53.